The first kappa shape index (κ1) is 25.4. The molecular formula is C32H35FN4O2. The highest BCUT2D eigenvalue weighted by Crippen LogP contribution is 2.39. The van der Waals surface area contributed by atoms with Crippen LogP contribution in [-0.4, -0.2) is 55.2 Å². The molecule has 39 heavy (non-hydrogen) atoms. The van der Waals surface area contributed by atoms with Gasteiger partial charge in [0.25, 0.3) is 5.91 Å². The zero-order valence-corrected chi connectivity index (χ0v) is 22.9. The lowest BCUT2D eigenvalue weighted by Crippen LogP contribution is -2.47. The molecule has 6 nitrogen and oxygen atoms in total. The van der Waals surface area contributed by atoms with Crippen LogP contribution in [-0.2, 0) is 13.5 Å². The van der Waals surface area contributed by atoms with E-state index in [-0.39, 0.29) is 17.8 Å². The van der Waals surface area contributed by atoms with Gasteiger partial charge in [0, 0.05) is 69.0 Å². The number of carbonyl (C=O) groups excluding carboxylic acids is 1. The van der Waals surface area contributed by atoms with Gasteiger partial charge in [-0.3, -0.25) is 9.69 Å². The maximum atomic E-state index is 14.1. The van der Waals surface area contributed by atoms with Gasteiger partial charge in [0.05, 0.1) is 24.0 Å². The van der Waals surface area contributed by atoms with Crippen molar-refractivity contribution in [1.82, 2.24) is 9.47 Å². The minimum absolute atomic E-state index is 0.0700. The molecule has 3 aromatic carbocycles. The summed E-state index contributed by atoms with van der Waals surface area (Å²) in [4.78, 5) is 20.8. The number of hydrogen-bond acceptors (Lipinski definition) is 4. The number of para-hydroxylation sites is 2. The zero-order valence-electron chi connectivity index (χ0n) is 22.9. The van der Waals surface area contributed by atoms with Crippen molar-refractivity contribution in [2.75, 3.05) is 49.6 Å². The molecule has 6 rings (SSSR count). The van der Waals surface area contributed by atoms with Crippen LogP contribution >= 0.6 is 0 Å². The van der Waals surface area contributed by atoms with Crippen molar-refractivity contribution in [3.05, 3.63) is 89.4 Å². The number of nitrogens with zero attached hydrogens (tertiary/aromatic N) is 4. The number of fused-ring (bicyclic) bond motifs is 2. The van der Waals surface area contributed by atoms with Crippen molar-refractivity contribution in [2.24, 2.45) is 7.05 Å². The van der Waals surface area contributed by atoms with Crippen LogP contribution in [0, 0.1) is 5.82 Å². The fraction of sp³-hybridized carbons (Fsp3) is 0.344. The highest BCUT2D eigenvalue weighted by Gasteiger charge is 2.32. The van der Waals surface area contributed by atoms with Crippen LogP contribution in [0.1, 0.15) is 40.9 Å². The van der Waals surface area contributed by atoms with E-state index in [4.69, 9.17) is 4.74 Å². The van der Waals surface area contributed by atoms with Gasteiger partial charge in [-0.2, -0.15) is 0 Å². The van der Waals surface area contributed by atoms with Gasteiger partial charge < -0.3 is 19.1 Å². The Morgan fingerprint density at radius 3 is 2.56 bits per heavy atom. The third kappa shape index (κ3) is 4.55. The summed E-state index contributed by atoms with van der Waals surface area (Å²) >= 11 is 0. The highest BCUT2D eigenvalue weighted by molar-refractivity contribution is 6.14. The number of aromatic nitrogens is 1. The number of rotatable bonds is 5. The number of amides is 1. The molecule has 202 valence electrons. The summed E-state index contributed by atoms with van der Waals surface area (Å²) < 4.78 is 21.2. The van der Waals surface area contributed by atoms with Crippen LogP contribution in [0.2, 0.25) is 0 Å². The molecule has 2 aliphatic heterocycles. The summed E-state index contributed by atoms with van der Waals surface area (Å²) in [6.45, 7) is 6.33. The van der Waals surface area contributed by atoms with E-state index in [1.54, 1.807) is 13.2 Å². The van der Waals surface area contributed by atoms with Gasteiger partial charge in [-0.1, -0.05) is 36.4 Å². The first-order valence-electron chi connectivity index (χ1n) is 13.8. The minimum atomic E-state index is -0.292. The van der Waals surface area contributed by atoms with Crippen LogP contribution in [0.15, 0.2) is 66.9 Å². The second kappa shape index (κ2) is 10.4. The number of benzene rings is 3. The molecule has 2 aliphatic rings. The van der Waals surface area contributed by atoms with Gasteiger partial charge in [-0.25, -0.2) is 4.39 Å². The summed E-state index contributed by atoms with van der Waals surface area (Å²) in [6.07, 6.45) is 3.91. The van der Waals surface area contributed by atoms with Crippen molar-refractivity contribution in [1.29, 1.82) is 0 Å². The molecule has 1 saturated heterocycles. The summed E-state index contributed by atoms with van der Waals surface area (Å²) in [5.41, 5.74) is 6.27. The van der Waals surface area contributed by atoms with E-state index in [9.17, 15) is 9.18 Å². The van der Waals surface area contributed by atoms with Crippen LogP contribution < -0.4 is 14.5 Å². The van der Waals surface area contributed by atoms with Crippen molar-refractivity contribution >= 4 is 28.2 Å². The Morgan fingerprint density at radius 1 is 0.974 bits per heavy atom. The third-order valence-corrected chi connectivity index (χ3v) is 8.42. The number of anilines is 2. The van der Waals surface area contributed by atoms with Gasteiger partial charge in [0.1, 0.15) is 11.6 Å². The van der Waals surface area contributed by atoms with Gasteiger partial charge in [-0.05, 0) is 49.1 Å². The van der Waals surface area contributed by atoms with E-state index >= 15 is 0 Å². The third-order valence-electron chi connectivity index (χ3n) is 8.42. The number of carbonyl (C=O) groups is 1. The van der Waals surface area contributed by atoms with Gasteiger partial charge >= 0.3 is 0 Å². The van der Waals surface area contributed by atoms with Crippen molar-refractivity contribution in [3.8, 4) is 5.75 Å². The van der Waals surface area contributed by atoms with Crippen molar-refractivity contribution in [3.63, 3.8) is 0 Å². The molecule has 0 radical (unpaired) electrons. The van der Waals surface area contributed by atoms with E-state index in [1.807, 2.05) is 40.9 Å². The topological polar surface area (TPSA) is 41.0 Å². The van der Waals surface area contributed by atoms with Crippen LogP contribution in [0.25, 0.3) is 10.9 Å². The Balaban J connectivity index is 1.27. The van der Waals surface area contributed by atoms with Gasteiger partial charge in [-0.15, -0.1) is 0 Å². The molecule has 1 atom stereocenters. The molecule has 0 N–H and O–H groups in total. The fourth-order valence-electron chi connectivity index (χ4n) is 6.34. The lowest BCUT2D eigenvalue weighted by Gasteiger charge is -2.41. The van der Waals surface area contributed by atoms with Gasteiger partial charge in [0.15, 0.2) is 0 Å². The summed E-state index contributed by atoms with van der Waals surface area (Å²) in [7, 11) is 3.58. The Kier molecular flexibility index (Phi) is 6.77. The lowest BCUT2D eigenvalue weighted by molar-refractivity contribution is 0.0985. The first-order valence-corrected chi connectivity index (χ1v) is 13.8. The summed E-state index contributed by atoms with van der Waals surface area (Å²) in [5, 5.41) is 0.995. The minimum Gasteiger partial charge on any atom is -0.494 e. The Bertz CT molecular complexity index is 1520. The highest BCUT2D eigenvalue weighted by atomic mass is 19.1. The molecule has 1 unspecified atom stereocenters. The summed E-state index contributed by atoms with van der Waals surface area (Å²) in [6, 6.07) is 19.5. The monoisotopic (exact) mass is 526 g/mol. The average Bonchev–Trinajstić information content (AvgIpc) is 3.32. The quantitative estimate of drug-likeness (QED) is 0.330. The number of methoxy groups -OCH3 is 1. The molecule has 0 aliphatic carbocycles. The van der Waals surface area contributed by atoms with Crippen LogP contribution in [0.3, 0.4) is 0 Å². The standard InChI is InChI=1S/C32H35FN4O2/c1-22(35-16-18-36(19-17-35)29-14-13-24(33)20-30(29)39-3)25-11-6-8-23-9-7-15-37(31(23)25)32(38)27-21-34(2)28-12-5-4-10-26(27)28/h4-6,8,10-14,20-22H,7,9,15-19H2,1-3H3. The van der Waals surface area contributed by atoms with Crippen molar-refractivity contribution in [2.45, 2.75) is 25.8 Å². The largest absolute Gasteiger partial charge is 0.494 e. The van der Waals surface area contributed by atoms with Crippen molar-refractivity contribution < 1.29 is 13.9 Å². The molecule has 7 heteroatoms. The maximum absolute atomic E-state index is 14.1. The van der Waals surface area contributed by atoms with Crippen LogP contribution in [0.5, 0.6) is 5.75 Å². The average molecular weight is 527 g/mol. The number of ether oxygens (including phenoxy) is 1. The SMILES string of the molecule is COc1cc(F)ccc1N1CCN(C(C)c2cccc3c2N(C(=O)c2cn(C)c4ccccc24)CCC3)CC1. The Hall–Kier alpha value is -3.84. The van der Waals surface area contributed by atoms with Gasteiger partial charge in [0.2, 0.25) is 0 Å². The van der Waals surface area contributed by atoms with E-state index in [1.165, 1.54) is 23.3 Å². The number of hydrogen-bond donors (Lipinski definition) is 0. The first-order chi connectivity index (χ1) is 19.0. The molecular weight excluding hydrogens is 491 g/mol. The molecule has 3 heterocycles. The Labute approximate surface area is 229 Å². The zero-order chi connectivity index (χ0) is 27.1. The molecule has 0 saturated carbocycles. The molecule has 0 bridgehead atoms. The molecule has 1 aromatic heterocycles. The smallest absolute Gasteiger partial charge is 0.260 e. The lowest BCUT2D eigenvalue weighted by atomic mass is 9.93. The number of piperazine rings is 1. The summed E-state index contributed by atoms with van der Waals surface area (Å²) in [5.74, 6) is 0.344. The Morgan fingerprint density at radius 2 is 1.77 bits per heavy atom. The normalized spacial score (nSPS) is 16.8. The van der Waals surface area contributed by atoms with E-state index < -0.39 is 0 Å². The van der Waals surface area contributed by atoms with E-state index in [2.05, 4.69) is 41.0 Å². The molecule has 1 amide bonds. The second-order valence-electron chi connectivity index (χ2n) is 10.6. The predicted octanol–water partition coefficient (Wildman–Crippen LogP) is 5.80. The van der Waals surface area contributed by atoms with E-state index in [0.717, 1.165) is 73.4 Å². The van der Waals surface area contributed by atoms with E-state index in [0.29, 0.717) is 5.75 Å². The predicted molar refractivity (Wildman–Crippen MR) is 155 cm³/mol. The molecule has 1 fully saturated rings. The number of halogens is 1. The second-order valence-corrected chi connectivity index (χ2v) is 10.6. The number of aryl methyl sites for hydroxylation is 2. The molecule has 4 aromatic rings. The molecule has 0 spiro atoms. The fourth-order valence-corrected chi connectivity index (χ4v) is 6.34. The maximum Gasteiger partial charge on any atom is 0.260 e. The van der Waals surface area contributed by atoms with Crippen LogP contribution in [0.4, 0.5) is 15.8 Å².